The van der Waals surface area contributed by atoms with E-state index in [0.717, 1.165) is 71.3 Å². The van der Waals surface area contributed by atoms with Gasteiger partial charge >= 0.3 is 0 Å². The molecular weight excluding hydrogens is 508 g/mol. The molecule has 0 unspecified atom stereocenters. The number of hydrogen-bond donors (Lipinski definition) is 0. The van der Waals surface area contributed by atoms with Crippen LogP contribution in [-0.2, 0) is 20.7 Å². The third-order valence-electron chi connectivity index (χ3n) is 7.37. The summed E-state index contributed by atoms with van der Waals surface area (Å²) >= 11 is 1.29. The molecule has 0 heterocycles. The Morgan fingerprint density at radius 2 is 1.64 bits per heavy atom. The topological polar surface area (TPSA) is 51.0 Å². The van der Waals surface area contributed by atoms with E-state index in [9.17, 15) is 4.79 Å². The molecule has 2 aromatic rings. The molecule has 0 fully saturated rings. The number of benzene rings is 2. The predicted octanol–water partition coefficient (Wildman–Crippen LogP) is 5.68. The number of carbonyl (C=O) groups excluding carboxylic acids is 1. The Morgan fingerprint density at radius 3 is 2.26 bits per heavy atom. The zero-order valence-corrected chi connectivity index (χ0v) is 24.9. The summed E-state index contributed by atoms with van der Waals surface area (Å²) in [4.78, 5) is 14.0. The van der Waals surface area contributed by atoms with Crippen LogP contribution in [0.2, 0.25) is 0 Å². The second-order valence-corrected chi connectivity index (χ2v) is 10.7. The van der Waals surface area contributed by atoms with Gasteiger partial charge in [0.25, 0.3) is 0 Å². The van der Waals surface area contributed by atoms with Crippen molar-refractivity contribution in [2.45, 2.75) is 26.2 Å². The minimum absolute atomic E-state index is 0.214. The van der Waals surface area contributed by atoms with Crippen molar-refractivity contribution in [1.29, 1.82) is 0 Å². The largest absolute Gasteiger partial charge is 0.497 e. The highest BCUT2D eigenvalue weighted by molar-refractivity contribution is 8.13. The van der Waals surface area contributed by atoms with E-state index in [1.807, 2.05) is 12.3 Å². The number of allylic oxidation sites excluding steroid dienone is 2. The Bertz CT molecular complexity index is 1380. The lowest BCUT2D eigenvalue weighted by Crippen LogP contribution is -2.26. The first kappa shape index (κ1) is 28.6. The van der Waals surface area contributed by atoms with Crippen molar-refractivity contribution in [3.8, 4) is 5.75 Å². The number of fused-ring (bicyclic) bond motifs is 2. The van der Waals surface area contributed by atoms with Crippen LogP contribution >= 0.6 is 11.8 Å². The zero-order chi connectivity index (χ0) is 28.1. The standard InChI is InChI=1S/C32H39N2O4S/c1-8-34(15-9-10-31(35)39-7)28-20-29(37-5)27(19-30(28)38-6)32-25-13-11-23(33(2)3)17-21(25)16-22-18-24(36-4)12-14-26(22)32/h11-14,17-20H,8-10,15-16H2,1-7H3/q+1. The predicted molar refractivity (Wildman–Crippen MR) is 161 cm³/mol. The van der Waals surface area contributed by atoms with Crippen molar-refractivity contribution in [1.82, 2.24) is 0 Å². The van der Waals surface area contributed by atoms with Gasteiger partial charge in [0.1, 0.15) is 24.6 Å². The average molecular weight is 548 g/mol. The van der Waals surface area contributed by atoms with Crippen molar-refractivity contribution in [3.63, 3.8) is 0 Å². The number of rotatable bonds is 9. The third kappa shape index (κ3) is 5.93. The van der Waals surface area contributed by atoms with E-state index in [4.69, 9.17) is 14.2 Å². The summed E-state index contributed by atoms with van der Waals surface area (Å²) < 4.78 is 19.8. The normalized spacial score (nSPS) is 17.4. The molecule has 0 atom stereocenters. The van der Waals surface area contributed by atoms with Gasteiger partial charge in [0.15, 0.2) is 10.9 Å². The molecule has 0 spiro atoms. The smallest absolute Gasteiger partial charge is 0.246 e. The highest BCUT2D eigenvalue weighted by Gasteiger charge is 2.31. The molecule has 0 bridgehead atoms. The fourth-order valence-corrected chi connectivity index (χ4v) is 5.61. The number of thioether (sulfide) groups is 1. The summed E-state index contributed by atoms with van der Waals surface area (Å²) in [6.45, 7) is 3.67. The van der Waals surface area contributed by atoms with Crippen molar-refractivity contribution in [2.75, 3.05) is 59.7 Å². The van der Waals surface area contributed by atoms with Gasteiger partial charge < -0.3 is 19.1 Å². The fourth-order valence-electron chi connectivity index (χ4n) is 5.27. The second kappa shape index (κ2) is 12.6. The number of ether oxygens (including phenoxy) is 3. The molecule has 0 aliphatic heterocycles. The number of carbonyl (C=O) groups is 1. The summed E-state index contributed by atoms with van der Waals surface area (Å²) in [5.74, 6) is 2.41. The van der Waals surface area contributed by atoms with Crippen LogP contribution < -0.4 is 9.64 Å². The van der Waals surface area contributed by atoms with Crippen molar-refractivity contribution in [3.05, 3.63) is 87.9 Å². The maximum absolute atomic E-state index is 11.8. The quantitative estimate of drug-likeness (QED) is 0.321. The van der Waals surface area contributed by atoms with E-state index < -0.39 is 0 Å². The monoisotopic (exact) mass is 547 g/mol. The minimum atomic E-state index is 0.214. The highest BCUT2D eigenvalue weighted by Crippen LogP contribution is 2.43. The minimum Gasteiger partial charge on any atom is -0.497 e. The van der Waals surface area contributed by atoms with Crippen molar-refractivity contribution >= 4 is 33.8 Å². The Hall–Kier alpha value is -3.45. The highest BCUT2D eigenvalue weighted by atomic mass is 32.2. The Morgan fingerprint density at radius 1 is 0.949 bits per heavy atom. The van der Waals surface area contributed by atoms with Gasteiger partial charge in [-0.3, -0.25) is 4.79 Å². The molecule has 0 aromatic heterocycles. The van der Waals surface area contributed by atoms with E-state index in [1.165, 1.54) is 28.5 Å². The molecule has 0 amide bonds. The molecule has 6 nitrogen and oxygen atoms in total. The van der Waals surface area contributed by atoms with Crippen LogP contribution in [0.15, 0.2) is 65.6 Å². The maximum Gasteiger partial charge on any atom is 0.246 e. The lowest BCUT2D eigenvalue weighted by molar-refractivity contribution is -0.524. The molecule has 39 heavy (non-hydrogen) atoms. The Labute approximate surface area is 236 Å². The first-order chi connectivity index (χ1) is 18.8. The van der Waals surface area contributed by atoms with Crippen LogP contribution in [0.25, 0.3) is 5.57 Å². The number of methoxy groups -OCH3 is 3. The Balaban J connectivity index is 1.91. The molecule has 2 aromatic carbocycles. The molecule has 0 saturated carbocycles. The second-order valence-electron chi connectivity index (χ2n) is 9.79. The molecule has 206 valence electrons. The van der Waals surface area contributed by atoms with Crippen molar-refractivity contribution < 1.29 is 23.6 Å². The molecule has 0 radical (unpaired) electrons. The maximum atomic E-state index is 11.8. The van der Waals surface area contributed by atoms with Gasteiger partial charge in [-0.15, -0.1) is 0 Å². The van der Waals surface area contributed by atoms with E-state index in [-0.39, 0.29) is 5.12 Å². The van der Waals surface area contributed by atoms with Crippen LogP contribution in [0.1, 0.15) is 42.0 Å². The SMILES string of the molecule is CC[N+](CCCC(=O)SC)=C1C=C(OC)/C(=C2\c3ccc(OC)cc3Cc3cc(N(C)C)ccc32)C=C1OC. The summed E-state index contributed by atoms with van der Waals surface area (Å²) in [5.41, 5.74) is 9.06. The first-order valence-electron chi connectivity index (χ1n) is 13.3. The molecule has 2 aliphatic carbocycles. The summed E-state index contributed by atoms with van der Waals surface area (Å²) in [5, 5.41) is 0.214. The molecule has 2 aliphatic rings. The van der Waals surface area contributed by atoms with Crippen LogP contribution in [0.4, 0.5) is 5.69 Å². The van der Waals surface area contributed by atoms with Crippen molar-refractivity contribution in [2.24, 2.45) is 0 Å². The van der Waals surface area contributed by atoms with E-state index >= 15 is 0 Å². The van der Waals surface area contributed by atoms with Crippen LogP contribution in [0, 0.1) is 0 Å². The third-order valence-corrected chi connectivity index (χ3v) is 8.03. The number of anilines is 1. The molecule has 0 saturated heterocycles. The first-order valence-corrected chi connectivity index (χ1v) is 14.5. The van der Waals surface area contributed by atoms with E-state index in [2.05, 4.69) is 73.0 Å². The summed E-state index contributed by atoms with van der Waals surface area (Å²) in [6.07, 6.45) is 8.18. The molecular formula is C32H39N2O4S+. The molecule has 0 N–H and O–H groups in total. The van der Waals surface area contributed by atoms with Gasteiger partial charge in [0.2, 0.25) is 5.71 Å². The van der Waals surface area contributed by atoms with Crippen LogP contribution in [0.3, 0.4) is 0 Å². The molecule has 7 heteroatoms. The van der Waals surface area contributed by atoms with Gasteiger partial charge in [-0.25, -0.2) is 4.58 Å². The van der Waals surface area contributed by atoms with Crippen LogP contribution in [-0.4, -0.2) is 70.2 Å². The average Bonchev–Trinajstić information content (AvgIpc) is 2.96. The summed E-state index contributed by atoms with van der Waals surface area (Å²) in [6, 6.07) is 12.9. The lowest BCUT2D eigenvalue weighted by atomic mass is 9.78. The lowest BCUT2D eigenvalue weighted by Gasteiger charge is -2.28. The molecule has 4 rings (SSSR count). The van der Waals surface area contributed by atoms with E-state index in [1.54, 1.807) is 21.3 Å². The van der Waals surface area contributed by atoms with Gasteiger partial charge in [-0.1, -0.05) is 23.9 Å². The number of hydrogen-bond acceptors (Lipinski definition) is 6. The van der Waals surface area contributed by atoms with E-state index in [0.29, 0.717) is 6.42 Å². The summed E-state index contributed by atoms with van der Waals surface area (Å²) in [7, 11) is 9.26. The number of nitrogens with zero attached hydrogens (tertiary/aromatic N) is 2. The fraction of sp³-hybridized carbons (Fsp3) is 0.375. The van der Waals surface area contributed by atoms with Crippen LogP contribution in [0.5, 0.6) is 5.75 Å². The Kier molecular flexibility index (Phi) is 9.23. The van der Waals surface area contributed by atoms with Gasteiger partial charge in [0.05, 0.1) is 27.4 Å². The van der Waals surface area contributed by atoms with Gasteiger partial charge in [0, 0.05) is 43.8 Å². The van der Waals surface area contributed by atoms with Gasteiger partial charge in [-0.2, -0.15) is 0 Å². The van der Waals surface area contributed by atoms with Gasteiger partial charge in [-0.05, 0) is 72.2 Å². The zero-order valence-electron chi connectivity index (χ0n) is 24.1.